The van der Waals surface area contributed by atoms with Gasteiger partial charge in [0.25, 0.3) is 0 Å². The van der Waals surface area contributed by atoms with Gasteiger partial charge in [-0.05, 0) is 12.8 Å². The summed E-state index contributed by atoms with van der Waals surface area (Å²) in [6.45, 7) is 0. The largest absolute Gasteiger partial charge is 0.481 e. The summed E-state index contributed by atoms with van der Waals surface area (Å²) in [6, 6.07) is 0. The Balaban J connectivity index is 0.000000845. The van der Waals surface area contributed by atoms with E-state index in [1.165, 1.54) is 0 Å². The third kappa shape index (κ3) is 1.31. The van der Waals surface area contributed by atoms with Crippen LogP contribution >= 0.6 is 12.4 Å². The quantitative estimate of drug-likeness (QED) is 0.777. The highest BCUT2D eigenvalue weighted by Gasteiger charge is 2.53. The van der Waals surface area contributed by atoms with Crippen molar-refractivity contribution in [1.29, 1.82) is 0 Å². The number of aryl methyl sites for hydroxylation is 1. The molecule has 0 saturated heterocycles. The number of nitrogens with zero attached hydrogens (tertiary/aromatic N) is 2. The third-order valence-corrected chi connectivity index (χ3v) is 2.47. The first-order valence-corrected chi connectivity index (χ1v) is 3.87. The van der Waals surface area contributed by atoms with E-state index >= 15 is 0 Å². The van der Waals surface area contributed by atoms with Crippen LogP contribution in [0.1, 0.15) is 18.5 Å². The molecule has 2 rings (SSSR count). The van der Waals surface area contributed by atoms with Crippen molar-refractivity contribution < 1.29 is 9.90 Å². The SMILES string of the molecule is Cl.Cn1cncc1C1(C(=O)O)CC1. The first kappa shape index (κ1) is 10.1. The molecular weight excluding hydrogens is 192 g/mol. The van der Waals surface area contributed by atoms with E-state index in [4.69, 9.17) is 5.11 Å². The van der Waals surface area contributed by atoms with Gasteiger partial charge in [-0.3, -0.25) is 4.79 Å². The number of carboxylic acid groups (broad SMARTS) is 1. The lowest BCUT2D eigenvalue weighted by Gasteiger charge is -2.09. The normalized spacial score (nSPS) is 17.6. The molecule has 0 bridgehead atoms. The number of carboxylic acids is 1. The van der Waals surface area contributed by atoms with Crippen LogP contribution < -0.4 is 0 Å². The van der Waals surface area contributed by atoms with E-state index in [9.17, 15) is 4.79 Å². The van der Waals surface area contributed by atoms with Gasteiger partial charge in [0.15, 0.2) is 0 Å². The molecule has 1 aliphatic carbocycles. The topological polar surface area (TPSA) is 55.1 Å². The van der Waals surface area contributed by atoms with Gasteiger partial charge in [0.05, 0.1) is 12.0 Å². The zero-order valence-electron chi connectivity index (χ0n) is 7.23. The predicted octanol–water partition coefficient (Wildman–Crippen LogP) is 0.958. The Kier molecular flexibility index (Phi) is 2.34. The van der Waals surface area contributed by atoms with Crippen molar-refractivity contribution in [3.05, 3.63) is 18.2 Å². The van der Waals surface area contributed by atoms with E-state index in [2.05, 4.69) is 4.98 Å². The van der Waals surface area contributed by atoms with Gasteiger partial charge in [-0.2, -0.15) is 0 Å². The smallest absolute Gasteiger partial charge is 0.315 e. The molecule has 0 atom stereocenters. The number of rotatable bonds is 2. The molecule has 0 amide bonds. The van der Waals surface area contributed by atoms with Crippen molar-refractivity contribution in [2.75, 3.05) is 0 Å². The molecule has 1 aromatic heterocycles. The highest BCUT2D eigenvalue weighted by molar-refractivity contribution is 5.85. The zero-order chi connectivity index (χ0) is 8.77. The van der Waals surface area contributed by atoms with Gasteiger partial charge in [-0.15, -0.1) is 12.4 Å². The Morgan fingerprint density at radius 3 is 2.62 bits per heavy atom. The Morgan fingerprint density at radius 1 is 1.69 bits per heavy atom. The molecular formula is C8H11ClN2O2. The first-order valence-electron chi connectivity index (χ1n) is 3.87. The number of carbonyl (C=O) groups is 1. The fourth-order valence-electron chi connectivity index (χ4n) is 1.52. The fraction of sp³-hybridized carbons (Fsp3) is 0.500. The molecule has 13 heavy (non-hydrogen) atoms. The van der Waals surface area contributed by atoms with Gasteiger partial charge >= 0.3 is 5.97 Å². The minimum Gasteiger partial charge on any atom is -0.481 e. The molecule has 4 nitrogen and oxygen atoms in total. The number of hydrogen-bond acceptors (Lipinski definition) is 2. The lowest BCUT2D eigenvalue weighted by molar-refractivity contribution is -0.140. The van der Waals surface area contributed by atoms with E-state index < -0.39 is 11.4 Å². The maximum atomic E-state index is 10.9. The Labute approximate surface area is 82.0 Å². The average molecular weight is 203 g/mol. The van der Waals surface area contributed by atoms with Gasteiger partial charge in [-0.25, -0.2) is 4.98 Å². The van der Waals surface area contributed by atoms with Crippen LogP contribution in [0.3, 0.4) is 0 Å². The second-order valence-corrected chi connectivity index (χ2v) is 3.28. The summed E-state index contributed by atoms with van der Waals surface area (Å²) >= 11 is 0. The van der Waals surface area contributed by atoms with E-state index in [0.717, 1.165) is 18.5 Å². The monoisotopic (exact) mass is 202 g/mol. The van der Waals surface area contributed by atoms with Crippen LogP contribution in [-0.4, -0.2) is 20.6 Å². The summed E-state index contributed by atoms with van der Waals surface area (Å²) in [5.41, 5.74) is 0.195. The summed E-state index contributed by atoms with van der Waals surface area (Å²) in [5, 5.41) is 8.96. The maximum absolute atomic E-state index is 10.9. The molecule has 0 aromatic carbocycles. The van der Waals surface area contributed by atoms with Crippen molar-refractivity contribution >= 4 is 18.4 Å². The molecule has 1 aliphatic rings. The molecule has 1 N–H and O–H groups in total. The second-order valence-electron chi connectivity index (χ2n) is 3.28. The predicted molar refractivity (Wildman–Crippen MR) is 49.0 cm³/mol. The van der Waals surface area contributed by atoms with Gasteiger partial charge in [-0.1, -0.05) is 0 Å². The minimum atomic E-state index is -0.730. The summed E-state index contributed by atoms with van der Waals surface area (Å²) in [7, 11) is 1.82. The van der Waals surface area contributed by atoms with Gasteiger partial charge in [0.2, 0.25) is 0 Å². The van der Waals surface area contributed by atoms with Crippen molar-refractivity contribution in [3.63, 3.8) is 0 Å². The molecule has 1 saturated carbocycles. The molecule has 72 valence electrons. The molecule has 0 aliphatic heterocycles. The maximum Gasteiger partial charge on any atom is 0.315 e. The average Bonchev–Trinajstić information content (AvgIpc) is 2.71. The molecule has 0 spiro atoms. The molecule has 0 unspecified atom stereocenters. The summed E-state index contributed by atoms with van der Waals surface area (Å²) in [4.78, 5) is 14.8. The van der Waals surface area contributed by atoms with E-state index in [-0.39, 0.29) is 12.4 Å². The number of halogens is 1. The van der Waals surface area contributed by atoms with E-state index in [1.54, 1.807) is 17.1 Å². The molecule has 1 heterocycles. The third-order valence-electron chi connectivity index (χ3n) is 2.47. The van der Waals surface area contributed by atoms with Crippen molar-refractivity contribution in [3.8, 4) is 0 Å². The Hall–Kier alpha value is -1.03. The Morgan fingerprint density at radius 2 is 2.31 bits per heavy atom. The van der Waals surface area contributed by atoms with Crippen molar-refractivity contribution in [2.24, 2.45) is 7.05 Å². The minimum absolute atomic E-state index is 0. The van der Waals surface area contributed by atoms with E-state index in [0.29, 0.717) is 0 Å². The number of aliphatic carboxylic acids is 1. The van der Waals surface area contributed by atoms with Crippen LogP contribution in [0.5, 0.6) is 0 Å². The summed E-state index contributed by atoms with van der Waals surface area (Å²) < 4.78 is 1.78. The molecule has 0 radical (unpaired) electrons. The van der Waals surface area contributed by atoms with Gasteiger partial charge in [0.1, 0.15) is 5.41 Å². The van der Waals surface area contributed by atoms with Crippen LogP contribution in [0.25, 0.3) is 0 Å². The van der Waals surface area contributed by atoms with Crippen LogP contribution in [0.15, 0.2) is 12.5 Å². The van der Waals surface area contributed by atoms with Gasteiger partial charge < -0.3 is 9.67 Å². The number of hydrogen-bond donors (Lipinski definition) is 1. The standard InChI is InChI=1S/C8H10N2O2.ClH/c1-10-5-9-4-6(10)8(2-3-8)7(11)12;/h4-5H,2-3H2,1H3,(H,11,12);1H. The second kappa shape index (κ2) is 3.03. The molecule has 1 fully saturated rings. The molecule has 1 aromatic rings. The van der Waals surface area contributed by atoms with E-state index in [1.807, 2.05) is 7.05 Å². The highest BCUT2D eigenvalue weighted by Crippen LogP contribution is 2.47. The Bertz CT molecular complexity index is 331. The first-order chi connectivity index (χ1) is 5.67. The van der Waals surface area contributed by atoms with Crippen LogP contribution in [-0.2, 0) is 17.3 Å². The van der Waals surface area contributed by atoms with Crippen LogP contribution in [0.2, 0.25) is 0 Å². The lowest BCUT2D eigenvalue weighted by Crippen LogP contribution is -2.22. The summed E-state index contributed by atoms with van der Waals surface area (Å²) in [6.07, 6.45) is 4.75. The number of imidazole rings is 1. The van der Waals surface area contributed by atoms with Crippen molar-refractivity contribution in [1.82, 2.24) is 9.55 Å². The highest BCUT2D eigenvalue weighted by atomic mass is 35.5. The van der Waals surface area contributed by atoms with Crippen LogP contribution in [0, 0.1) is 0 Å². The number of aromatic nitrogens is 2. The zero-order valence-corrected chi connectivity index (χ0v) is 8.04. The van der Waals surface area contributed by atoms with Gasteiger partial charge in [0, 0.05) is 13.2 Å². The molecule has 5 heteroatoms. The van der Waals surface area contributed by atoms with Crippen molar-refractivity contribution in [2.45, 2.75) is 18.3 Å². The van der Waals surface area contributed by atoms with Crippen LogP contribution in [0.4, 0.5) is 0 Å². The fourth-order valence-corrected chi connectivity index (χ4v) is 1.52. The summed E-state index contributed by atoms with van der Waals surface area (Å²) in [5.74, 6) is -0.730. The lowest BCUT2D eigenvalue weighted by atomic mass is 10.0.